The molecule has 0 unspecified atom stereocenters. The molecule has 156 valence electrons. The van der Waals surface area contributed by atoms with Crippen LogP contribution in [0.3, 0.4) is 0 Å². The molecule has 0 saturated carbocycles. The minimum absolute atomic E-state index is 0.401. The van der Waals surface area contributed by atoms with Crippen LogP contribution in [-0.4, -0.2) is 75.7 Å². The van der Waals surface area contributed by atoms with Gasteiger partial charge in [-0.05, 0) is 43.7 Å². The van der Waals surface area contributed by atoms with E-state index in [0.29, 0.717) is 25.0 Å². The highest BCUT2D eigenvalue weighted by Crippen LogP contribution is 2.19. The summed E-state index contributed by atoms with van der Waals surface area (Å²) in [5, 5.41) is 6.96. The topological polar surface area (TPSA) is 89.9 Å². The molecule has 2 fully saturated rings. The second-order valence-corrected chi connectivity index (χ2v) is 9.63. The van der Waals surface area contributed by atoms with Crippen LogP contribution in [0.2, 0.25) is 0 Å². The van der Waals surface area contributed by atoms with E-state index >= 15 is 0 Å². The zero-order valence-corrected chi connectivity index (χ0v) is 17.7. The number of nitrogens with zero attached hydrogens (tertiary/aromatic N) is 4. The molecule has 1 aromatic rings. The van der Waals surface area contributed by atoms with Crippen molar-refractivity contribution in [3.05, 3.63) is 24.4 Å². The second-order valence-electron chi connectivity index (χ2n) is 7.65. The van der Waals surface area contributed by atoms with Gasteiger partial charge in [0, 0.05) is 52.0 Å². The molecule has 0 bridgehead atoms. The van der Waals surface area contributed by atoms with Crippen LogP contribution in [0.15, 0.2) is 29.4 Å². The number of aliphatic imine (C=N–C) groups is 1. The third-order valence-electron chi connectivity index (χ3n) is 5.63. The normalized spacial score (nSPS) is 20.9. The Labute approximate surface area is 168 Å². The van der Waals surface area contributed by atoms with Crippen molar-refractivity contribution in [2.45, 2.75) is 31.7 Å². The van der Waals surface area contributed by atoms with Crippen molar-refractivity contribution in [1.82, 2.24) is 19.9 Å². The molecule has 0 amide bonds. The van der Waals surface area contributed by atoms with Gasteiger partial charge in [0.15, 0.2) is 5.96 Å². The molecule has 2 aliphatic rings. The van der Waals surface area contributed by atoms with Gasteiger partial charge >= 0.3 is 0 Å². The van der Waals surface area contributed by atoms with Crippen LogP contribution in [0.4, 0.5) is 5.82 Å². The van der Waals surface area contributed by atoms with E-state index in [0.717, 1.165) is 57.1 Å². The summed E-state index contributed by atoms with van der Waals surface area (Å²) in [6.45, 7) is 4.02. The number of nitrogens with one attached hydrogen (secondary N) is 2. The predicted molar refractivity (Wildman–Crippen MR) is 113 cm³/mol. The van der Waals surface area contributed by atoms with Gasteiger partial charge < -0.3 is 15.5 Å². The molecule has 8 nitrogen and oxygen atoms in total. The fourth-order valence-corrected chi connectivity index (χ4v) is 4.74. The molecule has 0 spiro atoms. The molecule has 2 saturated heterocycles. The van der Waals surface area contributed by atoms with Crippen LogP contribution in [-0.2, 0) is 10.0 Å². The number of piperidine rings is 2. The van der Waals surface area contributed by atoms with Crippen molar-refractivity contribution >= 4 is 21.8 Å². The predicted octanol–water partition coefficient (Wildman–Crippen LogP) is 0.887. The van der Waals surface area contributed by atoms with Crippen molar-refractivity contribution in [2.24, 2.45) is 10.9 Å². The van der Waals surface area contributed by atoms with Crippen molar-refractivity contribution in [2.75, 3.05) is 50.9 Å². The van der Waals surface area contributed by atoms with E-state index in [-0.39, 0.29) is 0 Å². The lowest BCUT2D eigenvalue weighted by Crippen LogP contribution is -2.50. The minimum atomic E-state index is -3.06. The Hall–Kier alpha value is -1.87. The Kier molecular flexibility index (Phi) is 7.12. The summed E-state index contributed by atoms with van der Waals surface area (Å²) < 4.78 is 24.8. The Morgan fingerprint density at radius 2 is 1.89 bits per heavy atom. The average molecular weight is 409 g/mol. The highest BCUT2D eigenvalue weighted by atomic mass is 32.2. The number of rotatable bonds is 5. The van der Waals surface area contributed by atoms with Crippen LogP contribution in [0.1, 0.15) is 25.7 Å². The molecular weight excluding hydrogens is 376 g/mol. The lowest BCUT2D eigenvalue weighted by Gasteiger charge is -2.34. The van der Waals surface area contributed by atoms with Gasteiger partial charge in [-0.2, -0.15) is 0 Å². The third-order valence-corrected chi connectivity index (χ3v) is 6.94. The maximum absolute atomic E-state index is 11.6. The largest absolute Gasteiger partial charge is 0.356 e. The summed E-state index contributed by atoms with van der Waals surface area (Å²) in [7, 11) is -1.26. The van der Waals surface area contributed by atoms with Gasteiger partial charge in [-0.15, -0.1) is 0 Å². The zero-order chi connectivity index (χ0) is 20.0. The van der Waals surface area contributed by atoms with E-state index in [4.69, 9.17) is 0 Å². The molecule has 3 rings (SSSR count). The van der Waals surface area contributed by atoms with Crippen LogP contribution in [0.5, 0.6) is 0 Å². The average Bonchev–Trinajstić information content (AvgIpc) is 2.72. The van der Waals surface area contributed by atoms with E-state index in [9.17, 15) is 8.42 Å². The van der Waals surface area contributed by atoms with E-state index in [1.807, 2.05) is 18.3 Å². The Morgan fingerprint density at radius 1 is 1.18 bits per heavy atom. The lowest BCUT2D eigenvalue weighted by atomic mass is 9.98. The highest BCUT2D eigenvalue weighted by molar-refractivity contribution is 7.88. The fraction of sp³-hybridized carbons (Fsp3) is 0.684. The van der Waals surface area contributed by atoms with E-state index in [2.05, 4.69) is 31.6 Å². The first kappa shape index (κ1) is 20.9. The van der Waals surface area contributed by atoms with Crippen LogP contribution >= 0.6 is 0 Å². The molecule has 0 aromatic carbocycles. The van der Waals surface area contributed by atoms with E-state index < -0.39 is 10.0 Å². The first-order valence-electron chi connectivity index (χ1n) is 10.0. The summed E-state index contributed by atoms with van der Waals surface area (Å²) in [5.41, 5.74) is 0. The zero-order valence-electron chi connectivity index (χ0n) is 16.8. The SMILES string of the molecule is CN=C(NCC1CCN(S(C)(=O)=O)CC1)NC1CCN(c2ccccn2)CC1. The second kappa shape index (κ2) is 9.56. The third kappa shape index (κ3) is 5.81. The standard InChI is InChI=1S/C19H32N6O2S/c1-20-19(22-15-16-6-13-25(14-7-16)28(2,26)27)23-17-8-11-24(12-9-17)18-5-3-4-10-21-18/h3-5,10,16-17H,6-9,11-15H2,1-2H3,(H2,20,22,23). The number of hydrogen-bond donors (Lipinski definition) is 2. The van der Waals surface area contributed by atoms with Crippen molar-refractivity contribution in [3.8, 4) is 0 Å². The van der Waals surface area contributed by atoms with Gasteiger partial charge in [-0.3, -0.25) is 4.99 Å². The monoisotopic (exact) mass is 408 g/mol. The number of hydrogen-bond acceptors (Lipinski definition) is 5. The minimum Gasteiger partial charge on any atom is -0.356 e. The quantitative estimate of drug-likeness (QED) is 0.556. The number of guanidine groups is 1. The fourth-order valence-electron chi connectivity index (χ4n) is 3.87. The smallest absolute Gasteiger partial charge is 0.211 e. The molecule has 2 N–H and O–H groups in total. The Bertz CT molecular complexity index is 739. The number of anilines is 1. The van der Waals surface area contributed by atoms with Crippen LogP contribution in [0.25, 0.3) is 0 Å². The highest BCUT2D eigenvalue weighted by Gasteiger charge is 2.25. The molecule has 28 heavy (non-hydrogen) atoms. The molecule has 0 radical (unpaired) electrons. The molecule has 0 atom stereocenters. The van der Waals surface area contributed by atoms with Crippen molar-refractivity contribution < 1.29 is 8.42 Å². The van der Waals surface area contributed by atoms with E-state index in [1.165, 1.54) is 6.26 Å². The van der Waals surface area contributed by atoms with Gasteiger partial charge in [0.25, 0.3) is 0 Å². The summed E-state index contributed by atoms with van der Waals surface area (Å²) in [6, 6.07) is 6.43. The molecule has 2 aliphatic heterocycles. The molecule has 3 heterocycles. The number of pyridine rings is 1. The first-order valence-corrected chi connectivity index (χ1v) is 11.9. The molecular formula is C19H32N6O2S. The Morgan fingerprint density at radius 3 is 2.46 bits per heavy atom. The maximum atomic E-state index is 11.6. The maximum Gasteiger partial charge on any atom is 0.211 e. The lowest BCUT2D eigenvalue weighted by molar-refractivity contribution is 0.274. The summed E-state index contributed by atoms with van der Waals surface area (Å²) in [4.78, 5) is 11.1. The van der Waals surface area contributed by atoms with Gasteiger partial charge in [-0.1, -0.05) is 6.07 Å². The summed E-state index contributed by atoms with van der Waals surface area (Å²) in [6.07, 6.45) is 7.00. The van der Waals surface area contributed by atoms with Gasteiger partial charge in [0.2, 0.25) is 10.0 Å². The first-order chi connectivity index (χ1) is 13.5. The number of aromatic nitrogens is 1. The molecule has 9 heteroatoms. The van der Waals surface area contributed by atoms with Crippen LogP contribution < -0.4 is 15.5 Å². The van der Waals surface area contributed by atoms with Crippen molar-refractivity contribution in [3.63, 3.8) is 0 Å². The van der Waals surface area contributed by atoms with Gasteiger partial charge in [0.05, 0.1) is 6.26 Å². The van der Waals surface area contributed by atoms with Gasteiger partial charge in [0.1, 0.15) is 5.82 Å². The van der Waals surface area contributed by atoms with Crippen molar-refractivity contribution in [1.29, 1.82) is 0 Å². The Balaban J connectivity index is 1.39. The summed E-state index contributed by atoms with van der Waals surface area (Å²) in [5.74, 6) is 2.35. The summed E-state index contributed by atoms with van der Waals surface area (Å²) >= 11 is 0. The number of sulfonamides is 1. The molecule has 1 aromatic heterocycles. The van der Waals surface area contributed by atoms with E-state index in [1.54, 1.807) is 11.4 Å². The molecule has 0 aliphatic carbocycles. The van der Waals surface area contributed by atoms with Gasteiger partial charge in [-0.25, -0.2) is 17.7 Å². The van der Waals surface area contributed by atoms with Crippen LogP contribution in [0, 0.1) is 5.92 Å².